The van der Waals surface area contributed by atoms with Crippen molar-refractivity contribution in [2.75, 3.05) is 47.6 Å². The first kappa shape index (κ1) is 52.8. The van der Waals surface area contributed by atoms with Gasteiger partial charge < -0.3 is 64.2 Å². The highest BCUT2D eigenvalue weighted by atomic mass is 16.6. The zero-order chi connectivity index (χ0) is 47.8. The van der Waals surface area contributed by atoms with Crippen molar-refractivity contribution in [3.63, 3.8) is 0 Å². The predicted molar refractivity (Wildman–Crippen MR) is 233 cm³/mol. The van der Waals surface area contributed by atoms with Crippen LogP contribution in [0, 0.1) is 5.92 Å². The molecule has 352 valence electrons. The highest BCUT2D eigenvalue weighted by molar-refractivity contribution is 5.95. The lowest BCUT2D eigenvalue weighted by atomic mass is 9.99. The summed E-state index contributed by atoms with van der Waals surface area (Å²) in [6.45, 7) is 22.8. The number of hydrogen-bond donors (Lipinski definition) is 6. The molecule has 0 bridgehead atoms. The summed E-state index contributed by atoms with van der Waals surface area (Å²) in [6.07, 6.45) is -0.0939. The molecule has 0 saturated carbocycles. The topological polar surface area (TPSA) is 257 Å². The predicted octanol–water partition coefficient (Wildman–Crippen LogP) is 1.54. The molecule has 0 spiro atoms. The fourth-order valence-corrected chi connectivity index (χ4v) is 6.65. The molecular formula is C45H63N5O14. The zero-order valence-corrected chi connectivity index (χ0v) is 37.4. The molecule has 19 nitrogen and oxygen atoms in total. The molecule has 0 aromatic carbocycles. The van der Waals surface area contributed by atoms with Gasteiger partial charge in [0.05, 0.1) is 56.7 Å². The Morgan fingerprint density at radius 3 is 1.30 bits per heavy atom. The lowest BCUT2D eigenvalue weighted by molar-refractivity contribution is -0.120. The van der Waals surface area contributed by atoms with Crippen LogP contribution in [0.5, 0.6) is 0 Å². The lowest BCUT2D eigenvalue weighted by Gasteiger charge is -2.21. The monoisotopic (exact) mass is 897 g/mol. The van der Waals surface area contributed by atoms with Gasteiger partial charge in [0.1, 0.15) is 42.0 Å². The third kappa shape index (κ3) is 14.8. The van der Waals surface area contributed by atoms with Crippen molar-refractivity contribution in [3.05, 3.63) is 96.9 Å². The highest BCUT2D eigenvalue weighted by Crippen LogP contribution is 2.30. The molecule has 4 aliphatic heterocycles. The van der Waals surface area contributed by atoms with E-state index in [-0.39, 0.29) is 89.6 Å². The van der Waals surface area contributed by atoms with Crippen molar-refractivity contribution in [3.8, 4) is 0 Å². The fourth-order valence-electron chi connectivity index (χ4n) is 6.65. The number of nitrogens with one attached hydrogen (secondary N) is 4. The molecular weight excluding hydrogens is 835 g/mol. The Balaban J connectivity index is 0.000000290. The molecule has 6 rings (SSSR count). The van der Waals surface area contributed by atoms with Crippen LogP contribution in [0.3, 0.4) is 0 Å². The number of nitrogens with zero attached hydrogens (tertiary/aromatic N) is 1. The molecule has 19 heteroatoms. The van der Waals surface area contributed by atoms with Crippen LogP contribution in [-0.2, 0) is 38.1 Å². The maximum Gasteiger partial charge on any atom is 0.250 e. The molecule has 6 N–H and O–H groups in total. The number of carbonyl (C=O) groups excluding carboxylic acids is 6. The van der Waals surface area contributed by atoms with E-state index >= 15 is 0 Å². The third-order valence-corrected chi connectivity index (χ3v) is 10.0. The molecule has 64 heavy (non-hydrogen) atoms. The summed E-state index contributed by atoms with van der Waals surface area (Å²) in [5.41, 5.74) is 0.0325. The maximum atomic E-state index is 12.7. The Kier molecular flexibility index (Phi) is 20.7. The molecule has 0 radical (unpaired) electrons. The SMILES string of the molecule is C=C(C(=O)NC1COC2C(NC(=O)C(=C)C(O)C(C)C)COC12)C(O)c1ccc(C(C)C)o1.C=CC(=O)NC1COC2C(NC(=O)C=C)COC12.CN(C)C.O=Cc1ccc(C=O)o1. The summed E-state index contributed by atoms with van der Waals surface area (Å²) in [5.74, 6) is -0.185. The quantitative estimate of drug-likeness (QED) is 0.110. The second-order valence-corrected chi connectivity index (χ2v) is 16.3. The Labute approximate surface area is 373 Å². The van der Waals surface area contributed by atoms with Crippen molar-refractivity contribution < 1.29 is 66.8 Å². The first-order valence-electron chi connectivity index (χ1n) is 20.6. The van der Waals surface area contributed by atoms with Gasteiger partial charge in [0.25, 0.3) is 0 Å². The number of amides is 4. The number of hydrogen-bond acceptors (Lipinski definition) is 15. The van der Waals surface area contributed by atoms with E-state index in [0.717, 1.165) is 0 Å². The van der Waals surface area contributed by atoms with Gasteiger partial charge in [-0.2, -0.15) is 0 Å². The van der Waals surface area contributed by atoms with Crippen molar-refractivity contribution >= 4 is 36.2 Å². The minimum absolute atomic E-state index is 0.0510. The van der Waals surface area contributed by atoms with E-state index in [0.29, 0.717) is 31.5 Å². The summed E-state index contributed by atoms with van der Waals surface area (Å²) in [6, 6.07) is 4.96. The summed E-state index contributed by atoms with van der Waals surface area (Å²) in [5, 5.41) is 31.7. The Morgan fingerprint density at radius 2 is 0.984 bits per heavy atom. The summed E-state index contributed by atoms with van der Waals surface area (Å²) < 4.78 is 33.0. The molecule has 2 aromatic rings. The van der Waals surface area contributed by atoms with Gasteiger partial charge in [0, 0.05) is 17.1 Å². The van der Waals surface area contributed by atoms with E-state index in [4.69, 9.17) is 23.4 Å². The molecule has 4 aliphatic rings. The van der Waals surface area contributed by atoms with Gasteiger partial charge in [-0.25, -0.2) is 0 Å². The molecule has 0 aliphatic carbocycles. The number of furan rings is 2. The minimum atomic E-state index is -1.27. The van der Waals surface area contributed by atoms with Crippen molar-refractivity contribution in [2.24, 2.45) is 5.92 Å². The van der Waals surface area contributed by atoms with Crippen LogP contribution in [0.25, 0.3) is 0 Å². The van der Waals surface area contributed by atoms with E-state index < -0.39 is 48.3 Å². The Hall–Kier alpha value is -5.54. The van der Waals surface area contributed by atoms with E-state index in [9.17, 15) is 39.0 Å². The summed E-state index contributed by atoms with van der Waals surface area (Å²) in [7, 11) is 6.00. The number of fused-ring (bicyclic) bond motifs is 2. The maximum absolute atomic E-state index is 12.7. The smallest absolute Gasteiger partial charge is 0.250 e. The lowest BCUT2D eigenvalue weighted by Crippen LogP contribution is -2.48. The third-order valence-electron chi connectivity index (χ3n) is 10.0. The van der Waals surface area contributed by atoms with Crippen LogP contribution in [0.1, 0.15) is 72.3 Å². The van der Waals surface area contributed by atoms with Gasteiger partial charge in [-0.05, 0) is 63.5 Å². The minimum Gasteiger partial charge on any atom is -0.463 e. The molecule has 4 fully saturated rings. The van der Waals surface area contributed by atoms with Crippen LogP contribution in [-0.4, -0.2) is 154 Å². The van der Waals surface area contributed by atoms with Crippen LogP contribution in [0.4, 0.5) is 0 Å². The highest BCUT2D eigenvalue weighted by Gasteiger charge is 2.50. The van der Waals surface area contributed by atoms with Crippen molar-refractivity contribution in [1.82, 2.24) is 26.2 Å². The van der Waals surface area contributed by atoms with E-state index in [1.807, 2.05) is 39.9 Å². The van der Waals surface area contributed by atoms with Crippen LogP contribution in [0.15, 0.2) is 82.7 Å². The van der Waals surface area contributed by atoms with Gasteiger partial charge in [0.15, 0.2) is 24.1 Å². The number of carbonyl (C=O) groups is 6. The number of aldehydes is 2. The standard InChI is InChI=1S/C24H34N2O7.C12H16N2O4.C6H4O3.C3H9N/c1-11(2)17-7-8-18(33-17)20(28)14(6)24(30)26-16-10-32-21-15(9-31-22(16)21)25-23(29)13(5)19(27)12(3)4;1-3-9(15)13-7-5-17-12-8(6-18-11(7)12)14-10(16)4-2;7-3-5-1-2-6(4-8)9-5;1-4(2)3/h7-8,11-12,15-16,19-22,27-28H,5-6,9-10H2,1-4H3,(H,25,29)(H,26,30);3-4,7-8,11-12H,1-2,5-6H2,(H,13,15)(H,14,16);1-4H;1-3H3. The number of rotatable bonds is 15. The van der Waals surface area contributed by atoms with Crippen LogP contribution in [0.2, 0.25) is 0 Å². The van der Waals surface area contributed by atoms with Gasteiger partial charge in [-0.3, -0.25) is 28.8 Å². The van der Waals surface area contributed by atoms with Crippen LogP contribution < -0.4 is 21.3 Å². The van der Waals surface area contributed by atoms with E-state index in [2.05, 4.69) is 52.0 Å². The van der Waals surface area contributed by atoms with Crippen molar-refractivity contribution in [1.29, 1.82) is 0 Å². The molecule has 2 aromatic heterocycles. The van der Waals surface area contributed by atoms with E-state index in [1.54, 1.807) is 26.0 Å². The Morgan fingerprint density at radius 1 is 0.625 bits per heavy atom. The molecule has 10 atom stereocenters. The second kappa shape index (κ2) is 25.1. The van der Waals surface area contributed by atoms with Crippen molar-refractivity contribution in [2.45, 2.75) is 94.4 Å². The molecule has 10 unspecified atom stereocenters. The first-order valence-corrected chi connectivity index (χ1v) is 20.6. The van der Waals surface area contributed by atoms with Gasteiger partial charge in [-0.15, -0.1) is 0 Å². The number of aliphatic hydroxyl groups excluding tert-OH is 2. The Bertz CT molecular complexity index is 1890. The average Bonchev–Trinajstić information content (AvgIpc) is 4.13. The fraction of sp³-hybridized carbons (Fsp3) is 0.511. The average molecular weight is 898 g/mol. The van der Waals surface area contributed by atoms with E-state index in [1.165, 1.54) is 24.3 Å². The summed E-state index contributed by atoms with van der Waals surface area (Å²) >= 11 is 0. The largest absolute Gasteiger partial charge is 0.463 e. The second-order valence-electron chi connectivity index (χ2n) is 16.3. The summed E-state index contributed by atoms with van der Waals surface area (Å²) in [4.78, 5) is 69.5. The van der Waals surface area contributed by atoms with Gasteiger partial charge >= 0.3 is 0 Å². The first-order chi connectivity index (χ1) is 30.3. The number of ether oxygens (including phenoxy) is 4. The normalized spacial score (nSPS) is 24.8. The zero-order valence-electron chi connectivity index (χ0n) is 37.4. The molecule has 4 amide bonds. The molecule has 6 heterocycles. The molecule has 4 saturated heterocycles. The van der Waals surface area contributed by atoms with Crippen LogP contribution >= 0.6 is 0 Å². The van der Waals surface area contributed by atoms with Gasteiger partial charge in [-0.1, -0.05) is 54.0 Å². The number of aliphatic hydroxyl groups is 2. The van der Waals surface area contributed by atoms with Gasteiger partial charge in [0.2, 0.25) is 23.6 Å².